The third-order valence-corrected chi connectivity index (χ3v) is 12.9. The lowest BCUT2D eigenvalue weighted by molar-refractivity contribution is 0.669. The van der Waals surface area contributed by atoms with E-state index in [2.05, 4.69) is 114 Å². The predicted octanol–water partition coefficient (Wildman–Crippen LogP) is 6.34. The van der Waals surface area contributed by atoms with E-state index in [9.17, 15) is 0 Å². The van der Waals surface area contributed by atoms with Crippen LogP contribution in [0, 0.1) is 0 Å². The van der Waals surface area contributed by atoms with Crippen molar-refractivity contribution in [3.63, 3.8) is 0 Å². The molecule has 12 aromatic rings. The molecular formula is C54H27B7N2O. The van der Waals surface area contributed by atoms with E-state index in [1.165, 1.54) is 0 Å². The summed E-state index contributed by atoms with van der Waals surface area (Å²) in [5.74, 6) is 0. The van der Waals surface area contributed by atoms with E-state index < -0.39 is 0 Å². The van der Waals surface area contributed by atoms with Gasteiger partial charge in [-0.2, -0.15) is 0 Å². The van der Waals surface area contributed by atoms with Gasteiger partial charge in [0.1, 0.15) is 66.1 Å². The summed E-state index contributed by atoms with van der Waals surface area (Å²) in [6, 6.07) is 56.0. The van der Waals surface area contributed by atoms with Gasteiger partial charge in [0.2, 0.25) is 0 Å². The summed E-state index contributed by atoms with van der Waals surface area (Å²) in [4.78, 5) is 0. The first kappa shape index (κ1) is 38.5. The Labute approximate surface area is 379 Å². The molecule has 14 radical (unpaired) electrons. The van der Waals surface area contributed by atoms with Crippen molar-refractivity contribution in [2.24, 2.45) is 0 Å². The highest BCUT2D eigenvalue weighted by molar-refractivity contribution is 6.69. The van der Waals surface area contributed by atoms with E-state index in [1.807, 2.05) is 59.2 Å². The summed E-state index contributed by atoms with van der Waals surface area (Å²) < 4.78 is 10.6. The van der Waals surface area contributed by atoms with Gasteiger partial charge < -0.3 is 13.6 Å². The van der Waals surface area contributed by atoms with Crippen molar-refractivity contribution in [3.05, 3.63) is 164 Å². The van der Waals surface area contributed by atoms with Crippen LogP contribution >= 0.6 is 0 Å². The highest BCUT2D eigenvalue weighted by atomic mass is 16.3. The molecule has 0 saturated heterocycles. The van der Waals surface area contributed by atoms with Gasteiger partial charge in [0.15, 0.2) is 0 Å². The van der Waals surface area contributed by atoms with Crippen molar-refractivity contribution in [2.75, 3.05) is 0 Å². The molecule has 0 amide bonds. The molecule has 0 aliphatic heterocycles. The maximum absolute atomic E-state index is 7.45. The third-order valence-electron chi connectivity index (χ3n) is 12.9. The van der Waals surface area contributed by atoms with Crippen LogP contribution in [0.4, 0.5) is 0 Å². The Bertz CT molecular complexity index is 3930. The Morgan fingerprint density at radius 1 is 0.328 bits per heavy atom. The van der Waals surface area contributed by atoms with E-state index >= 15 is 0 Å². The molecule has 3 aromatic heterocycles. The highest BCUT2D eigenvalue weighted by Gasteiger charge is 2.26. The van der Waals surface area contributed by atoms with Crippen LogP contribution in [0.25, 0.3) is 110 Å². The molecule has 0 bridgehead atoms. The number of nitrogens with zero attached hydrogens (tertiary/aromatic N) is 2. The molecule has 0 aliphatic rings. The molecular weight excluding hydrogens is 768 g/mol. The first-order valence-corrected chi connectivity index (χ1v) is 21.0. The summed E-state index contributed by atoms with van der Waals surface area (Å²) in [5, 5.41) is 4.90. The van der Waals surface area contributed by atoms with E-state index in [0.29, 0.717) is 49.3 Å². The molecule has 0 atom stereocenters. The quantitative estimate of drug-likeness (QED) is 0.187. The van der Waals surface area contributed by atoms with E-state index in [4.69, 9.17) is 59.3 Å². The van der Waals surface area contributed by atoms with Crippen LogP contribution in [0.1, 0.15) is 0 Å². The lowest BCUT2D eigenvalue weighted by Gasteiger charge is -2.20. The Hall–Kier alpha value is -7.17. The molecule has 64 heavy (non-hydrogen) atoms. The predicted molar refractivity (Wildman–Crippen MR) is 276 cm³/mol. The number of hydrogen-bond acceptors (Lipinski definition) is 1. The van der Waals surface area contributed by atoms with Crippen LogP contribution in [0.2, 0.25) is 0 Å². The second-order valence-corrected chi connectivity index (χ2v) is 16.4. The monoisotopic (exact) mass is 796 g/mol. The maximum atomic E-state index is 7.45. The van der Waals surface area contributed by atoms with Crippen molar-refractivity contribution >= 4 is 159 Å². The topological polar surface area (TPSA) is 23.0 Å². The molecule has 0 saturated carbocycles. The maximum Gasteiger partial charge on any atom is 0.137 e. The SMILES string of the molecule is [B]c1c([B])c([B])c2c(c1[B])c1c([B])c(-c3ccc4c(c3)c3ccc(-c5ccccc5)cc3n4-c3ccccc3-c3ccccc3)c([B])c([B])c1n2-c1cccc2oc3ccccc3c12. The first-order valence-electron chi connectivity index (χ1n) is 21.0. The van der Waals surface area contributed by atoms with Gasteiger partial charge in [0.25, 0.3) is 0 Å². The van der Waals surface area contributed by atoms with E-state index in [0.717, 1.165) is 77.4 Å². The van der Waals surface area contributed by atoms with Crippen LogP contribution in [0.5, 0.6) is 0 Å². The second-order valence-electron chi connectivity index (χ2n) is 16.4. The smallest absolute Gasteiger partial charge is 0.137 e. The number of furan rings is 1. The molecule has 12 rings (SSSR count). The largest absolute Gasteiger partial charge is 0.456 e. The molecule has 0 N–H and O–H groups in total. The number of aromatic nitrogens is 2. The Kier molecular flexibility index (Phi) is 8.69. The van der Waals surface area contributed by atoms with Crippen molar-refractivity contribution in [1.29, 1.82) is 0 Å². The van der Waals surface area contributed by atoms with Gasteiger partial charge in [-0.05, 0) is 75.7 Å². The van der Waals surface area contributed by atoms with Gasteiger partial charge in [-0.25, -0.2) is 0 Å². The Morgan fingerprint density at radius 3 is 1.72 bits per heavy atom. The molecule has 0 fully saturated rings. The van der Waals surface area contributed by atoms with Crippen molar-refractivity contribution < 1.29 is 4.42 Å². The van der Waals surface area contributed by atoms with Crippen LogP contribution in [-0.2, 0) is 0 Å². The van der Waals surface area contributed by atoms with E-state index in [-0.39, 0.29) is 21.9 Å². The molecule has 280 valence electrons. The number of hydrogen-bond donors (Lipinski definition) is 0. The van der Waals surface area contributed by atoms with Gasteiger partial charge in [-0.15, -0.1) is 10.9 Å². The first-order chi connectivity index (χ1) is 31.2. The van der Waals surface area contributed by atoms with Crippen molar-refractivity contribution in [3.8, 4) is 44.8 Å². The van der Waals surface area contributed by atoms with Gasteiger partial charge >= 0.3 is 0 Å². The summed E-state index contributed by atoms with van der Waals surface area (Å²) in [5.41, 5.74) is 13.8. The van der Waals surface area contributed by atoms with Gasteiger partial charge in [-0.3, -0.25) is 0 Å². The minimum absolute atomic E-state index is 0.159. The van der Waals surface area contributed by atoms with Crippen LogP contribution in [0.3, 0.4) is 0 Å². The molecule has 0 spiro atoms. The molecule has 3 nitrogen and oxygen atoms in total. The Balaban J connectivity index is 1.17. The summed E-state index contributed by atoms with van der Waals surface area (Å²) in [6.45, 7) is 0. The number of fused-ring (bicyclic) bond motifs is 9. The fourth-order valence-corrected chi connectivity index (χ4v) is 9.96. The zero-order chi connectivity index (χ0) is 43.5. The number of para-hydroxylation sites is 2. The zero-order valence-electron chi connectivity index (χ0n) is 34.4. The lowest BCUT2D eigenvalue weighted by Crippen LogP contribution is -2.48. The Morgan fingerprint density at radius 2 is 0.938 bits per heavy atom. The van der Waals surface area contributed by atoms with Crippen molar-refractivity contribution in [2.45, 2.75) is 0 Å². The summed E-state index contributed by atoms with van der Waals surface area (Å²) in [6.07, 6.45) is 0. The second kappa shape index (κ2) is 14.4. The average molecular weight is 796 g/mol. The highest BCUT2D eigenvalue weighted by Crippen LogP contribution is 2.41. The van der Waals surface area contributed by atoms with Gasteiger partial charge in [0.05, 0.1) is 27.8 Å². The van der Waals surface area contributed by atoms with Crippen LogP contribution < -0.4 is 38.2 Å². The molecule has 0 aliphatic carbocycles. The zero-order valence-corrected chi connectivity index (χ0v) is 34.4. The fraction of sp³-hybridized carbons (Fsp3) is 0. The van der Waals surface area contributed by atoms with Gasteiger partial charge in [-0.1, -0.05) is 149 Å². The minimum atomic E-state index is 0.159. The van der Waals surface area contributed by atoms with Gasteiger partial charge in [0, 0.05) is 38.1 Å². The normalized spacial score (nSPS) is 11.9. The molecule has 0 unspecified atom stereocenters. The third kappa shape index (κ3) is 5.45. The van der Waals surface area contributed by atoms with E-state index in [1.54, 1.807) is 0 Å². The number of rotatable bonds is 5. The summed E-state index contributed by atoms with van der Waals surface area (Å²) >= 11 is 0. The fourth-order valence-electron chi connectivity index (χ4n) is 9.96. The number of benzene rings is 9. The molecule has 10 heteroatoms. The van der Waals surface area contributed by atoms with Crippen LogP contribution in [-0.4, -0.2) is 64.1 Å². The molecule has 3 heterocycles. The minimum Gasteiger partial charge on any atom is -0.456 e. The standard InChI is InChI=1S/C54H27B7N2O/c55-46-42(47(56)51(60)53-44(46)45-48(57)49(58)50(59)52(61)54(45)63(53)38-19-11-21-41-43(38)34-17-8-10-20-40(34)64-41)31-23-25-37-35(26-31)33-24-22-30(28-12-3-1-4-13-28)27-39(33)62(37)36-18-9-7-16-32(36)29-14-5-2-6-15-29/h1-27H. The van der Waals surface area contributed by atoms with Crippen molar-refractivity contribution in [1.82, 2.24) is 9.13 Å². The lowest BCUT2D eigenvalue weighted by atomic mass is 9.64. The summed E-state index contributed by atoms with van der Waals surface area (Å²) in [7, 11) is 49.1. The molecule has 9 aromatic carbocycles. The van der Waals surface area contributed by atoms with Crippen LogP contribution in [0.15, 0.2) is 168 Å². The average Bonchev–Trinajstić information content (AvgIpc) is 4.01.